The first-order valence-corrected chi connectivity index (χ1v) is 15.0. The van der Waals surface area contributed by atoms with Gasteiger partial charge >= 0.3 is 24.2 Å². The third-order valence-corrected chi connectivity index (χ3v) is 6.73. The minimum absolute atomic E-state index is 0.0198. The molecule has 1 saturated heterocycles. The van der Waals surface area contributed by atoms with E-state index in [1.54, 1.807) is 65.8 Å². The van der Waals surface area contributed by atoms with Crippen LogP contribution in [-0.2, 0) is 20.7 Å². The average molecular weight is 655 g/mol. The topological polar surface area (TPSA) is 176 Å². The first kappa shape index (κ1) is 34.7. The summed E-state index contributed by atoms with van der Waals surface area (Å²) in [5.74, 6) is -1.90. The van der Waals surface area contributed by atoms with Crippen molar-refractivity contribution in [1.82, 2.24) is 25.3 Å². The summed E-state index contributed by atoms with van der Waals surface area (Å²) in [4.78, 5) is 56.3. The summed E-state index contributed by atoms with van der Waals surface area (Å²) in [7, 11) is 0. The molecule has 4 amide bonds. The van der Waals surface area contributed by atoms with Crippen LogP contribution in [0.5, 0.6) is 0 Å². The number of aliphatic carboxylic acids is 1. The highest BCUT2D eigenvalue weighted by molar-refractivity contribution is 5.85. The predicted molar refractivity (Wildman–Crippen MR) is 168 cm³/mol. The quantitative estimate of drug-likeness (QED) is 0.309. The molecule has 1 unspecified atom stereocenters. The Bertz CT molecular complexity index is 1600. The molecule has 252 valence electrons. The summed E-state index contributed by atoms with van der Waals surface area (Å²) in [6, 6.07) is 8.68. The Morgan fingerprint density at radius 2 is 1.55 bits per heavy atom. The molecule has 3 N–H and O–H groups in total. The standard InChI is InChI=1S/C32H39FN6O8/c1-31(2,3)45-29(43)34-21-10-8-20(9-11-21)26-36-25(37-47-26)22-12-7-19(17-23(22)33)18-24(27(40)41)35-28(42)38-13-15-39(16-14-38)30(44)46-32(4,5)6/h7-12,17,24H,13-16,18H2,1-6H3,(H,34,43)(H,35,42)(H,40,41). The molecule has 2 heterocycles. The van der Waals surface area contributed by atoms with Crippen molar-refractivity contribution in [3.8, 4) is 22.8 Å². The molecule has 4 rings (SSSR count). The smallest absolute Gasteiger partial charge is 0.412 e. The van der Waals surface area contributed by atoms with Crippen LogP contribution in [0.1, 0.15) is 47.1 Å². The largest absolute Gasteiger partial charge is 0.480 e. The summed E-state index contributed by atoms with van der Waals surface area (Å²) in [5, 5.41) is 18.8. The molecule has 0 bridgehead atoms. The van der Waals surface area contributed by atoms with Crippen molar-refractivity contribution < 1.29 is 42.7 Å². The Kier molecular flexibility index (Phi) is 10.4. The molecule has 1 aliphatic rings. The molecular weight excluding hydrogens is 615 g/mol. The second kappa shape index (κ2) is 14.1. The lowest BCUT2D eigenvalue weighted by atomic mass is 10.0. The number of nitrogens with one attached hydrogen (secondary N) is 2. The van der Waals surface area contributed by atoms with Gasteiger partial charge in [0.1, 0.15) is 23.1 Å². The fraction of sp³-hybridized carbons (Fsp3) is 0.438. The first-order valence-electron chi connectivity index (χ1n) is 15.0. The molecule has 0 aliphatic carbocycles. The summed E-state index contributed by atoms with van der Waals surface area (Å²) in [5.41, 5.74) is 0.0814. The summed E-state index contributed by atoms with van der Waals surface area (Å²) >= 11 is 0. The van der Waals surface area contributed by atoms with E-state index in [2.05, 4.69) is 20.8 Å². The number of urea groups is 1. The van der Waals surface area contributed by atoms with Gasteiger partial charge in [0.05, 0.1) is 5.56 Å². The maximum absolute atomic E-state index is 15.2. The highest BCUT2D eigenvalue weighted by atomic mass is 19.1. The van der Waals surface area contributed by atoms with Crippen LogP contribution in [0.3, 0.4) is 0 Å². The van der Waals surface area contributed by atoms with Gasteiger partial charge in [0, 0.05) is 43.9 Å². The van der Waals surface area contributed by atoms with Gasteiger partial charge in [-0.1, -0.05) is 11.2 Å². The third kappa shape index (κ3) is 9.89. The van der Waals surface area contributed by atoms with Gasteiger partial charge in [0.2, 0.25) is 5.82 Å². The molecule has 1 aromatic heterocycles. The molecule has 0 saturated carbocycles. The van der Waals surface area contributed by atoms with E-state index in [-0.39, 0.29) is 49.9 Å². The molecule has 1 atom stereocenters. The predicted octanol–water partition coefficient (Wildman–Crippen LogP) is 5.15. The average Bonchev–Trinajstić information content (AvgIpc) is 3.45. The van der Waals surface area contributed by atoms with Crippen molar-refractivity contribution in [3.05, 3.63) is 53.8 Å². The van der Waals surface area contributed by atoms with Crippen LogP contribution in [0.25, 0.3) is 22.8 Å². The van der Waals surface area contributed by atoms with E-state index in [0.717, 1.165) is 6.07 Å². The number of amides is 4. The number of aromatic nitrogens is 2. The highest BCUT2D eigenvalue weighted by Crippen LogP contribution is 2.26. The summed E-state index contributed by atoms with van der Waals surface area (Å²) in [6.07, 6.45) is -1.26. The second-order valence-corrected chi connectivity index (χ2v) is 12.9. The highest BCUT2D eigenvalue weighted by Gasteiger charge is 2.30. The van der Waals surface area contributed by atoms with Crippen LogP contribution in [0.15, 0.2) is 47.0 Å². The van der Waals surface area contributed by atoms with Crippen molar-refractivity contribution in [2.24, 2.45) is 0 Å². The molecule has 15 heteroatoms. The molecule has 47 heavy (non-hydrogen) atoms. The van der Waals surface area contributed by atoms with Gasteiger partial charge in [0.25, 0.3) is 5.89 Å². The van der Waals surface area contributed by atoms with Crippen molar-refractivity contribution in [3.63, 3.8) is 0 Å². The Balaban J connectivity index is 1.35. The van der Waals surface area contributed by atoms with Gasteiger partial charge in [-0.15, -0.1) is 0 Å². The Morgan fingerprint density at radius 3 is 2.13 bits per heavy atom. The lowest BCUT2D eigenvalue weighted by Crippen LogP contribution is -2.56. The van der Waals surface area contributed by atoms with E-state index < -0.39 is 47.2 Å². The van der Waals surface area contributed by atoms with E-state index in [4.69, 9.17) is 14.0 Å². The zero-order valence-corrected chi connectivity index (χ0v) is 27.1. The van der Waals surface area contributed by atoms with Gasteiger partial charge in [0.15, 0.2) is 0 Å². The molecule has 1 aliphatic heterocycles. The van der Waals surface area contributed by atoms with Crippen LogP contribution in [0.4, 0.5) is 24.5 Å². The van der Waals surface area contributed by atoms with Gasteiger partial charge in [-0.05, 0) is 83.5 Å². The fourth-order valence-corrected chi connectivity index (χ4v) is 4.53. The molecule has 14 nitrogen and oxygen atoms in total. The maximum atomic E-state index is 15.2. The maximum Gasteiger partial charge on any atom is 0.412 e. The number of hydrogen-bond donors (Lipinski definition) is 3. The van der Waals surface area contributed by atoms with Gasteiger partial charge in [-0.3, -0.25) is 5.32 Å². The number of benzene rings is 2. The monoisotopic (exact) mass is 654 g/mol. The molecule has 1 fully saturated rings. The molecule has 2 aromatic carbocycles. The van der Waals surface area contributed by atoms with Crippen LogP contribution >= 0.6 is 0 Å². The third-order valence-electron chi connectivity index (χ3n) is 6.73. The number of carboxylic acid groups (broad SMARTS) is 1. The number of carbonyl (C=O) groups excluding carboxylic acids is 3. The Labute approximate surface area is 271 Å². The summed E-state index contributed by atoms with van der Waals surface area (Å²) in [6.45, 7) is 11.4. The molecule has 3 aromatic rings. The number of hydrogen-bond acceptors (Lipinski definition) is 9. The Morgan fingerprint density at radius 1 is 0.936 bits per heavy atom. The lowest BCUT2D eigenvalue weighted by molar-refractivity contribution is -0.139. The van der Waals surface area contributed by atoms with Crippen LogP contribution in [0, 0.1) is 5.82 Å². The lowest BCUT2D eigenvalue weighted by Gasteiger charge is -2.36. The number of rotatable bonds is 7. The second-order valence-electron chi connectivity index (χ2n) is 12.9. The zero-order chi connectivity index (χ0) is 34.5. The van der Waals surface area contributed by atoms with E-state index >= 15 is 4.39 Å². The van der Waals surface area contributed by atoms with Crippen molar-refractivity contribution >= 4 is 29.9 Å². The van der Waals surface area contributed by atoms with E-state index in [1.165, 1.54) is 21.9 Å². The molecule has 0 radical (unpaired) electrons. The number of nitrogens with zero attached hydrogens (tertiary/aromatic N) is 4. The van der Waals surface area contributed by atoms with Crippen LogP contribution in [0.2, 0.25) is 0 Å². The number of ether oxygens (including phenoxy) is 2. The number of piperazine rings is 1. The van der Waals surface area contributed by atoms with Crippen molar-refractivity contribution in [1.29, 1.82) is 0 Å². The van der Waals surface area contributed by atoms with Gasteiger partial charge in [-0.25, -0.2) is 23.6 Å². The fourth-order valence-electron chi connectivity index (χ4n) is 4.53. The van der Waals surface area contributed by atoms with Crippen LogP contribution in [-0.4, -0.2) is 92.7 Å². The van der Waals surface area contributed by atoms with E-state index in [9.17, 15) is 24.3 Å². The van der Waals surface area contributed by atoms with Gasteiger partial charge in [-0.2, -0.15) is 4.98 Å². The number of anilines is 1. The zero-order valence-electron chi connectivity index (χ0n) is 27.1. The van der Waals surface area contributed by atoms with Crippen LogP contribution < -0.4 is 10.6 Å². The number of carbonyl (C=O) groups is 4. The normalized spacial score (nSPS) is 14.3. The first-order chi connectivity index (χ1) is 22.0. The van der Waals surface area contributed by atoms with E-state index in [0.29, 0.717) is 16.8 Å². The van der Waals surface area contributed by atoms with E-state index in [1.807, 2.05) is 0 Å². The SMILES string of the molecule is CC(C)(C)OC(=O)Nc1ccc(-c2nc(-c3ccc(CC(NC(=O)N4CCN(C(=O)OC(C)(C)C)CC4)C(=O)O)cc3F)no2)cc1. The minimum Gasteiger partial charge on any atom is -0.480 e. The van der Waals surface area contributed by atoms with Crippen molar-refractivity contribution in [2.75, 3.05) is 31.5 Å². The molecule has 0 spiro atoms. The Hall–Kier alpha value is -5.21. The van der Waals surface area contributed by atoms with Gasteiger partial charge < -0.3 is 34.2 Å². The van der Waals surface area contributed by atoms with Crippen molar-refractivity contribution in [2.45, 2.75) is 65.2 Å². The summed E-state index contributed by atoms with van der Waals surface area (Å²) < 4.78 is 31.1. The number of halogens is 1. The minimum atomic E-state index is -1.33. The number of carboxylic acids is 1. The molecular formula is C32H39FN6O8.